The Bertz CT molecular complexity index is 1250. The highest BCUT2D eigenvalue weighted by atomic mass is 16.6. The van der Waals surface area contributed by atoms with Crippen LogP contribution in [-0.2, 0) is 23.8 Å². The molecule has 0 aliphatic heterocycles. The molecule has 0 radical (unpaired) electrons. The molecular formula is C63H110O5. The van der Waals surface area contributed by atoms with Crippen molar-refractivity contribution in [1.29, 1.82) is 0 Å². The van der Waals surface area contributed by atoms with E-state index in [1.165, 1.54) is 161 Å². The Balaban J connectivity index is 4.31. The minimum absolute atomic E-state index is 0.0722. The van der Waals surface area contributed by atoms with Crippen molar-refractivity contribution in [3.63, 3.8) is 0 Å². The van der Waals surface area contributed by atoms with Crippen molar-refractivity contribution in [1.82, 2.24) is 0 Å². The van der Waals surface area contributed by atoms with Gasteiger partial charge in [0.05, 0.1) is 6.61 Å². The quantitative estimate of drug-likeness (QED) is 0.0345. The molecular weight excluding hydrogens is 837 g/mol. The van der Waals surface area contributed by atoms with Crippen molar-refractivity contribution >= 4 is 11.9 Å². The van der Waals surface area contributed by atoms with E-state index in [0.717, 1.165) is 83.5 Å². The summed E-state index contributed by atoms with van der Waals surface area (Å²) in [5.74, 6) is -0.414. The number of carbonyl (C=O) groups excluding carboxylic acids is 2. The minimum Gasteiger partial charge on any atom is -0.462 e. The predicted octanol–water partition coefficient (Wildman–Crippen LogP) is 20.0. The van der Waals surface area contributed by atoms with Gasteiger partial charge < -0.3 is 14.2 Å². The Hall–Kier alpha value is -2.92. The van der Waals surface area contributed by atoms with Gasteiger partial charge in [-0.15, -0.1) is 0 Å². The summed E-state index contributed by atoms with van der Waals surface area (Å²) in [5, 5.41) is 0. The number of allylic oxidation sites excluding steroid dienone is 14. The van der Waals surface area contributed by atoms with E-state index < -0.39 is 6.10 Å². The van der Waals surface area contributed by atoms with E-state index in [1.807, 2.05) is 0 Å². The van der Waals surface area contributed by atoms with Gasteiger partial charge in [-0.1, -0.05) is 234 Å². The number of ether oxygens (including phenoxy) is 3. The standard InChI is InChI=1S/C63H110O5/c1-4-7-10-13-16-19-22-25-28-31-32-34-35-38-41-44-47-50-53-56-62(64)67-60-61(59-66-58-55-52-49-46-43-40-37-30-27-24-21-18-15-12-9-6-3)68-63(65)57-54-51-48-45-42-39-36-33-29-26-23-20-17-14-11-8-5-2/h8,11,16-21,25-30,61H,4-7,9-10,12-15,22-24,31-60H2,1-3H3/b11-8-,19-16-,20-17-,21-18-,28-25-,29-26-,30-27-. The first-order chi connectivity index (χ1) is 33.6. The van der Waals surface area contributed by atoms with Crippen LogP contribution in [0.3, 0.4) is 0 Å². The molecule has 68 heavy (non-hydrogen) atoms. The van der Waals surface area contributed by atoms with Crippen LogP contribution < -0.4 is 0 Å². The first kappa shape index (κ1) is 65.1. The molecule has 0 amide bonds. The molecule has 0 saturated carbocycles. The Morgan fingerprint density at radius 3 is 1.06 bits per heavy atom. The van der Waals surface area contributed by atoms with Crippen LogP contribution in [0.4, 0.5) is 0 Å². The number of hydrogen-bond donors (Lipinski definition) is 0. The molecule has 0 spiro atoms. The molecule has 1 unspecified atom stereocenters. The van der Waals surface area contributed by atoms with Gasteiger partial charge in [0, 0.05) is 19.4 Å². The van der Waals surface area contributed by atoms with Crippen molar-refractivity contribution in [3.8, 4) is 0 Å². The topological polar surface area (TPSA) is 61.8 Å². The van der Waals surface area contributed by atoms with Crippen LogP contribution in [0, 0.1) is 0 Å². The van der Waals surface area contributed by atoms with E-state index in [-0.39, 0.29) is 25.2 Å². The number of rotatable bonds is 53. The van der Waals surface area contributed by atoms with Gasteiger partial charge in [0.2, 0.25) is 0 Å². The molecule has 0 saturated heterocycles. The second-order valence-electron chi connectivity index (χ2n) is 19.2. The van der Waals surface area contributed by atoms with Crippen molar-refractivity contribution in [2.24, 2.45) is 0 Å². The molecule has 0 fully saturated rings. The third kappa shape index (κ3) is 55.7. The van der Waals surface area contributed by atoms with Crippen LogP contribution in [0.25, 0.3) is 0 Å². The maximum atomic E-state index is 12.9. The largest absolute Gasteiger partial charge is 0.462 e. The summed E-state index contributed by atoms with van der Waals surface area (Å²) in [7, 11) is 0. The molecule has 0 aliphatic carbocycles. The maximum Gasteiger partial charge on any atom is 0.306 e. The number of unbranched alkanes of at least 4 members (excludes halogenated alkanes) is 28. The van der Waals surface area contributed by atoms with E-state index in [0.29, 0.717) is 19.4 Å². The maximum absolute atomic E-state index is 12.9. The van der Waals surface area contributed by atoms with E-state index in [9.17, 15) is 9.59 Å². The molecule has 0 rings (SSSR count). The highest BCUT2D eigenvalue weighted by Crippen LogP contribution is 2.15. The smallest absolute Gasteiger partial charge is 0.306 e. The molecule has 5 heteroatoms. The molecule has 0 aromatic rings. The van der Waals surface area contributed by atoms with Gasteiger partial charge in [-0.25, -0.2) is 0 Å². The monoisotopic (exact) mass is 947 g/mol. The SMILES string of the molecule is CC/C=C\C/C=C\C/C=C\CCCCCCCCCC(=O)OC(COCCCCCCCC/C=C\C/C=C\CCCCC)COC(=O)CCCCCCCCCCC/C=C\C/C=C\CCCCC. The van der Waals surface area contributed by atoms with Crippen LogP contribution in [0.1, 0.15) is 278 Å². The van der Waals surface area contributed by atoms with E-state index in [1.54, 1.807) is 0 Å². The van der Waals surface area contributed by atoms with Crippen molar-refractivity contribution in [2.45, 2.75) is 284 Å². The Labute approximate surface area is 422 Å². The van der Waals surface area contributed by atoms with E-state index in [4.69, 9.17) is 14.2 Å². The minimum atomic E-state index is -0.553. The number of esters is 2. The van der Waals surface area contributed by atoms with Gasteiger partial charge in [0.15, 0.2) is 6.10 Å². The summed E-state index contributed by atoms with van der Waals surface area (Å²) in [5.41, 5.74) is 0. The molecule has 0 bridgehead atoms. The van der Waals surface area contributed by atoms with Crippen LogP contribution in [0.15, 0.2) is 85.1 Å². The molecule has 5 nitrogen and oxygen atoms in total. The highest BCUT2D eigenvalue weighted by Gasteiger charge is 2.17. The van der Waals surface area contributed by atoms with Gasteiger partial charge in [-0.05, 0) is 116 Å². The summed E-state index contributed by atoms with van der Waals surface area (Å²) >= 11 is 0. The fraction of sp³-hybridized carbons (Fsp3) is 0.746. The summed E-state index contributed by atoms with van der Waals surface area (Å²) in [6, 6.07) is 0. The molecule has 392 valence electrons. The van der Waals surface area contributed by atoms with Gasteiger partial charge in [0.25, 0.3) is 0 Å². The van der Waals surface area contributed by atoms with Gasteiger partial charge in [-0.2, -0.15) is 0 Å². The zero-order valence-electron chi connectivity index (χ0n) is 45.1. The molecule has 0 heterocycles. The second-order valence-corrected chi connectivity index (χ2v) is 19.2. The summed E-state index contributed by atoms with van der Waals surface area (Å²) in [6.45, 7) is 7.66. The molecule has 0 aliphatic rings. The van der Waals surface area contributed by atoms with Crippen molar-refractivity contribution in [2.75, 3.05) is 19.8 Å². The third-order valence-corrected chi connectivity index (χ3v) is 12.4. The average molecular weight is 948 g/mol. The van der Waals surface area contributed by atoms with Crippen LogP contribution in [0.2, 0.25) is 0 Å². The first-order valence-electron chi connectivity index (χ1n) is 29.1. The normalized spacial score (nSPS) is 12.8. The Kier molecular flexibility index (Phi) is 55.9. The zero-order valence-corrected chi connectivity index (χ0v) is 45.1. The lowest BCUT2D eigenvalue weighted by atomic mass is 10.1. The summed E-state index contributed by atoms with van der Waals surface area (Å²) in [4.78, 5) is 25.5. The summed E-state index contributed by atoms with van der Waals surface area (Å²) in [6.07, 6.45) is 77.4. The molecule has 0 aromatic carbocycles. The second kappa shape index (κ2) is 58.4. The average Bonchev–Trinajstić information content (AvgIpc) is 3.34. The lowest BCUT2D eigenvalue weighted by Gasteiger charge is -2.18. The number of carbonyl (C=O) groups is 2. The fourth-order valence-electron chi connectivity index (χ4n) is 8.06. The van der Waals surface area contributed by atoms with Gasteiger partial charge >= 0.3 is 11.9 Å². The van der Waals surface area contributed by atoms with Crippen molar-refractivity contribution < 1.29 is 23.8 Å². The summed E-state index contributed by atoms with van der Waals surface area (Å²) < 4.78 is 17.5. The van der Waals surface area contributed by atoms with E-state index >= 15 is 0 Å². The van der Waals surface area contributed by atoms with Crippen LogP contribution in [-0.4, -0.2) is 37.9 Å². The lowest BCUT2D eigenvalue weighted by molar-refractivity contribution is -0.163. The predicted molar refractivity (Wildman–Crippen MR) is 297 cm³/mol. The van der Waals surface area contributed by atoms with Gasteiger partial charge in [-0.3, -0.25) is 9.59 Å². The Morgan fingerprint density at radius 1 is 0.338 bits per heavy atom. The molecule has 0 N–H and O–H groups in total. The van der Waals surface area contributed by atoms with Crippen molar-refractivity contribution in [3.05, 3.63) is 85.1 Å². The molecule has 0 aromatic heterocycles. The first-order valence-corrected chi connectivity index (χ1v) is 29.1. The van der Waals surface area contributed by atoms with Crippen LogP contribution >= 0.6 is 0 Å². The zero-order chi connectivity index (χ0) is 49.2. The number of hydrogen-bond acceptors (Lipinski definition) is 5. The highest BCUT2D eigenvalue weighted by molar-refractivity contribution is 5.70. The van der Waals surface area contributed by atoms with E-state index in [2.05, 4.69) is 106 Å². The lowest BCUT2D eigenvalue weighted by Crippen LogP contribution is -2.30. The molecule has 1 atom stereocenters. The van der Waals surface area contributed by atoms with Crippen LogP contribution in [0.5, 0.6) is 0 Å². The Morgan fingerprint density at radius 2 is 0.662 bits per heavy atom. The third-order valence-electron chi connectivity index (χ3n) is 12.4. The fourth-order valence-corrected chi connectivity index (χ4v) is 8.06. The van der Waals surface area contributed by atoms with Gasteiger partial charge in [0.1, 0.15) is 6.61 Å².